The number of amides is 2. The van der Waals surface area contributed by atoms with Crippen LogP contribution in [0.4, 0.5) is 10.6 Å². The molecule has 9 heteroatoms. The maximum absolute atomic E-state index is 12.7. The van der Waals surface area contributed by atoms with Gasteiger partial charge in [0, 0.05) is 58.3 Å². The summed E-state index contributed by atoms with van der Waals surface area (Å²) in [5.41, 5.74) is 1.94. The second-order valence-corrected chi connectivity index (χ2v) is 6.53. The van der Waals surface area contributed by atoms with Crippen molar-refractivity contribution >= 4 is 11.8 Å². The minimum absolute atomic E-state index is 0.0881. The molecule has 146 valence electrons. The van der Waals surface area contributed by atoms with E-state index in [9.17, 15) is 4.79 Å². The molecule has 0 aliphatic carbocycles. The van der Waals surface area contributed by atoms with Crippen molar-refractivity contribution in [3.05, 3.63) is 36.0 Å². The van der Waals surface area contributed by atoms with E-state index in [1.165, 1.54) is 0 Å². The summed E-state index contributed by atoms with van der Waals surface area (Å²) in [6, 6.07) is 3.59. The number of piperazine rings is 1. The van der Waals surface area contributed by atoms with Crippen molar-refractivity contribution in [3.8, 4) is 0 Å². The van der Waals surface area contributed by atoms with Gasteiger partial charge in [-0.05, 0) is 12.5 Å². The highest BCUT2D eigenvalue weighted by molar-refractivity contribution is 5.75. The maximum Gasteiger partial charge on any atom is 0.318 e. The van der Waals surface area contributed by atoms with Crippen molar-refractivity contribution in [2.24, 2.45) is 7.05 Å². The number of ether oxygens (including phenoxy) is 1. The molecule has 2 aromatic heterocycles. The monoisotopic (exact) mass is 373 g/mol. The summed E-state index contributed by atoms with van der Waals surface area (Å²) < 4.78 is 7.02. The van der Waals surface area contributed by atoms with Crippen molar-refractivity contribution in [3.63, 3.8) is 0 Å². The third-order valence-electron chi connectivity index (χ3n) is 4.81. The van der Waals surface area contributed by atoms with Crippen molar-refractivity contribution < 1.29 is 9.53 Å². The van der Waals surface area contributed by atoms with Crippen molar-refractivity contribution in [2.75, 3.05) is 44.8 Å². The smallest absolute Gasteiger partial charge is 0.318 e. The van der Waals surface area contributed by atoms with Crippen LogP contribution in [-0.4, -0.2) is 70.6 Å². The van der Waals surface area contributed by atoms with E-state index in [-0.39, 0.29) is 12.1 Å². The number of nitrogens with one attached hydrogen (secondary N) is 1. The highest BCUT2D eigenvalue weighted by Gasteiger charge is 2.25. The molecule has 1 fully saturated rings. The van der Waals surface area contributed by atoms with Crippen LogP contribution in [0.25, 0.3) is 0 Å². The summed E-state index contributed by atoms with van der Waals surface area (Å²) in [6.07, 6.45) is 4.21. The minimum atomic E-state index is -0.234. The van der Waals surface area contributed by atoms with Crippen molar-refractivity contribution in [1.29, 1.82) is 0 Å². The fourth-order valence-corrected chi connectivity index (χ4v) is 3.22. The number of aromatic nitrogens is 4. The Bertz CT molecular complexity index is 756. The standard InChI is InChI=1S/C18H27N7O2/c1-4-14-11-17(20-13-19-14)24-7-9-25(10-8-24)18(26)22-15(12-27-3)16-5-6-21-23(16)2/h5-6,11,13,15H,4,7-10,12H2,1-3H3,(H,22,26)/t15-/m1/s1. The van der Waals surface area contributed by atoms with Gasteiger partial charge in [0.05, 0.1) is 18.3 Å². The van der Waals surface area contributed by atoms with E-state index in [0.717, 1.165) is 36.7 Å². The molecule has 2 amide bonds. The first-order chi connectivity index (χ1) is 13.1. The zero-order valence-electron chi connectivity index (χ0n) is 16.1. The van der Waals surface area contributed by atoms with E-state index >= 15 is 0 Å². The summed E-state index contributed by atoms with van der Waals surface area (Å²) in [7, 11) is 3.48. The zero-order chi connectivity index (χ0) is 19.2. The summed E-state index contributed by atoms with van der Waals surface area (Å²) in [6.45, 7) is 5.24. The fourth-order valence-electron chi connectivity index (χ4n) is 3.22. The Balaban J connectivity index is 1.58. The predicted molar refractivity (Wildman–Crippen MR) is 102 cm³/mol. The third kappa shape index (κ3) is 4.54. The second-order valence-electron chi connectivity index (χ2n) is 6.53. The molecule has 1 saturated heterocycles. The molecule has 1 N–H and O–H groups in total. The molecule has 27 heavy (non-hydrogen) atoms. The summed E-state index contributed by atoms with van der Waals surface area (Å²) in [5.74, 6) is 0.925. The van der Waals surface area contributed by atoms with Gasteiger partial charge in [-0.1, -0.05) is 6.92 Å². The first-order valence-corrected chi connectivity index (χ1v) is 9.20. The molecule has 0 aromatic carbocycles. The molecule has 0 spiro atoms. The minimum Gasteiger partial charge on any atom is -0.382 e. The average molecular weight is 373 g/mol. The van der Waals surface area contributed by atoms with Crippen LogP contribution in [0.1, 0.15) is 24.4 Å². The van der Waals surface area contributed by atoms with Crippen LogP contribution < -0.4 is 10.2 Å². The number of urea groups is 1. The summed E-state index contributed by atoms with van der Waals surface area (Å²) in [5, 5.41) is 7.24. The van der Waals surface area contributed by atoms with Gasteiger partial charge in [0.2, 0.25) is 0 Å². The number of hydrogen-bond acceptors (Lipinski definition) is 6. The molecule has 3 rings (SSSR count). The lowest BCUT2D eigenvalue weighted by Crippen LogP contribution is -2.53. The summed E-state index contributed by atoms with van der Waals surface area (Å²) in [4.78, 5) is 25.4. The number of hydrogen-bond donors (Lipinski definition) is 1. The van der Waals surface area contributed by atoms with Crippen molar-refractivity contribution in [1.82, 2.24) is 30.0 Å². The molecule has 1 aliphatic rings. The SMILES string of the molecule is CCc1cc(N2CCN(C(=O)N[C@H](COC)c3ccnn3C)CC2)ncn1. The number of aryl methyl sites for hydroxylation is 2. The first kappa shape index (κ1) is 19.1. The number of anilines is 1. The van der Waals surface area contributed by atoms with E-state index in [0.29, 0.717) is 19.7 Å². The van der Waals surface area contributed by atoms with Gasteiger partial charge in [-0.25, -0.2) is 14.8 Å². The molecule has 0 bridgehead atoms. The lowest BCUT2D eigenvalue weighted by molar-refractivity contribution is 0.151. The Morgan fingerprint density at radius 3 is 2.70 bits per heavy atom. The Kier molecular flexibility index (Phi) is 6.23. The number of carbonyl (C=O) groups excluding carboxylic acids is 1. The lowest BCUT2D eigenvalue weighted by atomic mass is 10.2. The largest absolute Gasteiger partial charge is 0.382 e. The molecular weight excluding hydrogens is 346 g/mol. The van der Waals surface area contributed by atoms with E-state index in [1.807, 2.05) is 24.1 Å². The molecule has 3 heterocycles. The lowest BCUT2D eigenvalue weighted by Gasteiger charge is -2.36. The quantitative estimate of drug-likeness (QED) is 0.812. The molecule has 9 nitrogen and oxygen atoms in total. The van der Waals surface area contributed by atoms with Crippen LogP contribution >= 0.6 is 0 Å². The fraction of sp³-hybridized carbons (Fsp3) is 0.556. The molecule has 2 aromatic rings. The van der Waals surface area contributed by atoms with Crippen LogP contribution in [0.2, 0.25) is 0 Å². The zero-order valence-corrected chi connectivity index (χ0v) is 16.1. The normalized spacial score (nSPS) is 15.7. The second kappa shape index (κ2) is 8.81. The Morgan fingerprint density at radius 1 is 1.30 bits per heavy atom. The first-order valence-electron chi connectivity index (χ1n) is 9.20. The molecule has 1 aliphatic heterocycles. The Labute approximate surface area is 159 Å². The number of rotatable bonds is 6. The van der Waals surface area contributed by atoms with Gasteiger partial charge in [-0.15, -0.1) is 0 Å². The molecule has 0 unspecified atom stereocenters. The van der Waals surface area contributed by atoms with Crippen LogP contribution in [0, 0.1) is 0 Å². The van der Waals surface area contributed by atoms with Gasteiger partial charge in [0.1, 0.15) is 12.1 Å². The number of carbonyl (C=O) groups is 1. The van der Waals surface area contributed by atoms with Gasteiger partial charge < -0.3 is 19.9 Å². The Hall–Kier alpha value is -2.68. The predicted octanol–water partition coefficient (Wildman–Crippen LogP) is 0.992. The summed E-state index contributed by atoms with van der Waals surface area (Å²) >= 11 is 0. The van der Waals surface area contributed by atoms with Gasteiger partial charge in [0.25, 0.3) is 0 Å². The molecular formula is C18H27N7O2. The third-order valence-corrected chi connectivity index (χ3v) is 4.81. The number of methoxy groups -OCH3 is 1. The Morgan fingerprint density at radius 2 is 2.07 bits per heavy atom. The van der Waals surface area contributed by atoms with E-state index in [2.05, 4.69) is 32.2 Å². The van der Waals surface area contributed by atoms with Crippen molar-refractivity contribution in [2.45, 2.75) is 19.4 Å². The van der Waals surface area contributed by atoms with Gasteiger partial charge in [0.15, 0.2) is 0 Å². The van der Waals surface area contributed by atoms with E-state index in [1.54, 1.807) is 24.3 Å². The molecule has 0 radical (unpaired) electrons. The molecule has 0 saturated carbocycles. The van der Waals surface area contributed by atoms with Crippen LogP contribution in [-0.2, 0) is 18.2 Å². The van der Waals surface area contributed by atoms with E-state index in [4.69, 9.17) is 4.74 Å². The van der Waals surface area contributed by atoms with Gasteiger partial charge in [-0.2, -0.15) is 5.10 Å². The van der Waals surface area contributed by atoms with Crippen LogP contribution in [0.5, 0.6) is 0 Å². The van der Waals surface area contributed by atoms with Crippen LogP contribution in [0.3, 0.4) is 0 Å². The highest BCUT2D eigenvalue weighted by atomic mass is 16.5. The van der Waals surface area contributed by atoms with Gasteiger partial charge >= 0.3 is 6.03 Å². The molecule has 1 atom stereocenters. The topological polar surface area (TPSA) is 88.4 Å². The number of nitrogens with zero attached hydrogens (tertiary/aromatic N) is 6. The maximum atomic E-state index is 12.7. The average Bonchev–Trinajstić information content (AvgIpc) is 3.13. The van der Waals surface area contributed by atoms with E-state index < -0.39 is 0 Å². The van der Waals surface area contributed by atoms with Crippen LogP contribution in [0.15, 0.2) is 24.7 Å². The van der Waals surface area contributed by atoms with Gasteiger partial charge in [-0.3, -0.25) is 4.68 Å². The highest BCUT2D eigenvalue weighted by Crippen LogP contribution is 2.16.